The number of nitrogens with one attached hydrogen (secondary N) is 1. The van der Waals surface area contributed by atoms with Crippen LogP contribution in [0.1, 0.15) is 71.6 Å². The molecule has 2 bridgehead atoms. The molecule has 132 valence electrons. The average Bonchev–Trinajstić information content (AvgIpc) is 3.26. The Morgan fingerprint density at radius 2 is 2.12 bits per heavy atom. The summed E-state index contributed by atoms with van der Waals surface area (Å²) in [6.45, 7) is 2.21. The van der Waals surface area contributed by atoms with Crippen LogP contribution < -0.4 is 5.32 Å². The Morgan fingerprint density at radius 1 is 1.36 bits per heavy atom. The van der Waals surface area contributed by atoms with Gasteiger partial charge in [0, 0.05) is 18.9 Å². The molecular weight excluding hydrogens is 324 g/mol. The van der Waals surface area contributed by atoms with E-state index in [9.17, 15) is 13.6 Å². The minimum absolute atomic E-state index is 0.0645. The molecule has 2 aromatic rings. The number of nitrogens with zero attached hydrogens (tertiary/aromatic N) is 2. The highest BCUT2D eigenvalue weighted by atomic mass is 19.3. The number of amides is 1. The third-order valence-corrected chi connectivity index (χ3v) is 5.76. The average molecular weight is 345 g/mol. The summed E-state index contributed by atoms with van der Waals surface area (Å²) in [7, 11) is 1.54. The van der Waals surface area contributed by atoms with Crippen LogP contribution in [-0.2, 0) is 7.05 Å². The van der Waals surface area contributed by atoms with Crippen LogP contribution in [0.3, 0.4) is 0 Å². The summed E-state index contributed by atoms with van der Waals surface area (Å²) in [6.07, 6.45) is 2.03. The van der Waals surface area contributed by atoms with E-state index in [1.165, 1.54) is 35.5 Å². The van der Waals surface area contributed by atoms with E-state index in [4.69, 9.17) is 0 Å². The molecule has 3 atom stereocenters. The highest BCUT2D eigenvalue weighted by molar-refractivity contribution is 6.05. The molecule has 3 unspecified atom stereocenters. The lowest BCUT2D eigenvalue weighted by atomic mass is 9.90. The van der Waals surface area contributed by atoms with Gasteiger partial charge in [0.25, 0.3) is 12.3 Å². The molecule has 0 spiro atoms. The van der Waals surface area contributed by atoms with Crippen molar-refractivity contribution in [2.24, 2.45) is 13.0 Å². The normalized spacial score (nSPS) is 24.0. The van der Waals surface area contributed by atoms with Gasteiger partial charge in [0.1, 0.15) is 5.69 Å². The van der Waals surface area contributed by atoms with E-state index in [1.807, 2.05) is 12.1 Å². The van der Waals surface area contributed by atoms with Gasteiger partial charge in [0.05, 0.1) is 5.56 Å². The smallest absolute Gasteiger partial charge is 0.282 e. The summed E-state index contributed by atoms with van der Waals surface area (Å²) < 4.78 is 27.5. The van der Waals surface area contributed by atoms with E-state index in [-0.39, 0.29) is 5.56 Å². The van der Waals surface area contributed by atoms with Crippen LogP contribution in [0.25, 0.3) is 0 Å². The second-order valence-corrected chi connectivity index (χ2v) is 7.03. The molecule has 1 fully saturated rings. The standard InChI is InChI=1S/C19H21F2N3O/c1-3-10-11-7-8-13(10)16-12(11)5-4-6-15(16)22-19(25)14-9-24(2)23-17(14)18(20)21/h4-6,9-11,13,18H,3,7-8H2,1-2H3,(H,22,25). The third kappa shape index (κ3) is 2.46. The molecule has 2 aliphatic rings. The minimum atomic E-state index is -2.77. The molecule has 6 heteroatoms. The molecule has 0 radical (unpaired) electrons. The molecule has 0 saturated heterocycles. The number of fused-ring (bicyclic) bond motifs is 5. The van der Waals surface area contributed by atoms with Crippen molar-refractivity contribution in [2.45, 2.75) is 44.4 Å². The van der Waals surface area contributed by atoms with Crippen molar-refractivity contribution in [3.05, 3.63) is 46.8 Å². The maximum absolute atomic E-state index is 13.1. The molecule has 1 saturated carbocycles. The summed E-state index contributed by atoms with van der Waals surface area (Å²) in [5.74, 6) is 1.14. The Labute approximate surface area is 145 Å². The number of rotatable bonds is 4. The number of alkyl halides is 2. The number of carbonyl (C=O) groups is 1. The zero-order valence-electron chi connectivity index (χ0n) is 14.3. The van der Waals surface area contributed by atoms with Crippen LogP contribution in [0.2, 0.25) is 0 Å². The fourth-order valence-electron chi connectivity index (χ4n) is 4.84. The fraction of sp³-hybridized carbons (Fsp3) is 0.474. The Hall–Kier alpha value is -2.24. The zero-order chi connectivity index (χ0) is 17.7. The number of aryl methyl sites for hydroxylation is 1. The summed E-state index contributed by atoms with van der Waals surface area (Å²) >= 11 is 0. The first-order valence-corrected chi connectivity index (χ1v) is 8.77. The molecule has 4 nitrogen and oxygen atoms in total. The topological polar surface area (TPSA) is 46.9 Å². The molecule has 1 aromatic carbocycles. The van der Waals surface area contributed by atoms with Gasteiger partial charge in [0.15, 0.2) is 0 Å². The van der Waals surface area contributed by atoms with Crippen LogP contribution in [0.5, 0.6) is 0 Å². The van der Waals surface area contributed by atoms with Crippen LogP contribution in [0.4, 0.5) is 14.5 Å². The van der Waals surface area contributed by atoms with Crippen molar-refractivity contribution in [3.8, 4) is 0 Å². The molecule has 0 aliphatic heterocycles. The maximum Gasteiger partial charge on any atom is 0.282 e. The van der Waals surface area contributed by atoms with E-state index in [0.717, 1.165) is 18.5 Å². The van der Waals surface area contributed by atoms with Crippen molar-refractivity contribution in [3.63, 3.8) is 0 Å². The van der Waals surface area contributed by atoms with Gasteiger partial charge in [0.2, 0.25) is 0 Å². The molecule has 1 heterocycles. The highest BCUT2D eigenvalue weighted by Crippen LogP contribution is 2.60. The van der Waals surface area contributed by atoms with Crippen LogP contribution >= 0.6 is 0 Å². The molecular formula is C19H21F2N3O. The van der Waals surface area contributed by atoms with Gasteiger partial charge >= 0.3 is 0 Å². The molecule has 4 rings (SSSR count). The molecule has 1 aromatic heterocycles. The van der Waals surface area contributed by atoms with Crippen molar-refractivity contribution in [1.29, 1.82) is 0 Å². The zero-order valence-corrected chi connectivity index (χ0v) is 14.3. The maximum atomic E-state index is 13.1. The summed E-state index contributed by atoms with van der Waals surface area (Å²) in [5, 5.41) is 6.59. The Morgan fingerprint density at radius 3 is 2.84 bits per heavy atom. The molecule has 2 aliphatic carbocycles. The second-order valence-electron chi connectivity index (χ2n) is 7.03. The van der Waals surface area contributed by atoms with Crippen molar-refractivity contribution >= 4 is 11.6 Å². The van der Waals surface area contributed by atoms with E-state index < -0.39 is 18.0 Å². The lowest BCUT2D eigenvalue weighted by molar-refractivity contribution is 0.101. The van der Waals surface area contributed by atoms with Crippen LogP contribution in [0.15, 0.2) is 24.4 Å². The van der Waals surface area contributed by atoms with Gasteiger partial charge in [-0.05, 0) is 47.8 Å². The minimum Gasteiger partial charge on any atom is -0.322 e. The summed E-state index contributed by atoms with van der Waals surface area (Å²) in [4.78, 5) is 12.6. The molecule has 1 amide bonds. The van der Waals surface area contributed by atoms with Crippen molar-refractivity contribution in [1.82, 2.24) is 9.78 Å². The largest absolute Gasteiger partial charge is 0.322 e. The monoisotopic (exact) mass is 345 g/mol. The van der Waals surface area contributed by atoms with Gasteiger partial charge < -0.3 is 5.32 Å². The lowest BCUT2D eigenvalue weighted by Gasteiger charge is -2.19. The predicted octanol–water partition coefficient (Wildman–Crippen LogP) is 4.61. The van der Waals surface area contributed by atoms with Gasteiger partial charge in [-0.25, -0.2) is 8.78 Å². The van der Waals surface area contributed by atoms with Gasteiger partial charge in [-0.3, -0.25) is 9.48 Å². The van der Waals surface area contributed by atoms with Crippen LogP contribution in [0, 0.1) is 5.92 Å². The fourth-order valence-corrected chi connectivity index (χ4v) is 4.84. The van der Waals surface area contributed by atoms with Crippen molar-refractivity contribution in [2.75, 3.05) is 5.32 Å². The SMILES string of the molecule is CCC1C2CCC1c1c(NC(=O)c3cn(C)nc3C(F)F)cccc12. The Kier molecular flexibility index (Phi) is 3.85. The van der Waals surface area contributed by atoms with Crippen molar-refractivity contribution < 1.29 is 13.6 Å². The number of anilines is 1. The number of halogens is 2. The number of benzene rings is 1. The van der Waals surface area contributed by atoms with Gasteiger partial charge in [-0.15, -0.1) is 0 Å². The van der Waals surface area contributed by atoms with Gasteiger partial charge in [-0.2, -0.15) is 5.10 Å². The van der Waals surface area contributed by atoms with E-state index in [2.05, 4.69) is 23.4 Å². The second kappa shape index (κ2) is 5.93. The lowest BCUT2D eigenvalue weighted by Crippen LogP contribution is -2.16. The summed E-state index contributed by atoms with van der Waals surface area (Å²) in [5.41, 5.74) is 2.76. The number of carbonyl (C=O) groups excluding carboxylic acids is 1. The Balaban J connectivity index is 1.67. The first-order valence-electron chi connectivity index (χ1n) is 8.77. The van der Waals surface area contributed by atoms with E-state index >= 15 is 0 Å². The first kappa shape index (κ1) is 16.2. The van der Waals surface area contributed by atoms with E-state index in [0.29, 0.717) is 17.8 Å². The Bertz CT molecular complexity index is 830. The van der Waals surface area contributed by atoms with E-state index in [1.54, 1.807) is 0 Å². The van der Waals surface area contributed by atoms with Crippen LogP contribution in [-0.4, -0.2) is 15.7 Å². The number of hydrogen-bond donors (Lipinski definition) is 1. The number of hydrogen-bond acceptors (Lipinski definition) is 2. The molecule has 25 heavy (non-hydrogen) atoms. The first-order chi connectivity index (χ1) is 12.0. The van der Waals surface area contributed by atoms with Gasteiger partial charge in [-0.1, -0.05) is 25.5 Å². The third-order valence-electron chi connectivity index (χ3n) is 5.76. The predicted molar refractivity (Wildman–Crippen MR) is 91.1 cm³/mol. The highest BCUT2D eigenvalue weighted by Gasteiger charge is 2.45. The summed E-state index contributed by atoms with van der Waals surface area (Å²) in [6, 6.07) is 5.97. The molecule has 1 N–H and O–H groups in total. The quantitative estimate of drug-likeness (QED) is 0.879. The number of aromatic nitrogens is 2.